The van der Waals surface area contributed by atoms with Crippen LogP contribution in [0.5, 0.6) is 0 Å². The lowest BCUT2D eigenvalue weighted by molar-refractivity contribution is -0.121. The summed E-state index contributed by atoms with van der Waals surface area (Å²) in [6.07, 6.45) is 0.843. The van der Waals surface area contributed by atoms with Gasteiger partial charge in [0.15, 0.2) is 0 Å². The maximum atomic E-state index is 12.7. The van der Waals surface area contributed by atoms with Crippen molar-refractivity contribution in [1.29, 1.82) is 0 Å². The Morgan fingerprint density at radius 2 is 1.75 bits per heavy atom. The molecule has 3 nitrogen and oxygen atoms in total. The van der Waals surface area contributed by atoms with Crippen LogP contribution in [0.3, 0.4) is 0 Å². The van der Waals surface area contributed by atoms with Gasteiger partial charge in [0.1, 0.15) is 0 Å². The molecular weight excluding hydrogens is 248 g/mol. The van der Waals surface area contributed by atoms with Crippen molar-refractivity contribution in [1.82, 2.24) is 5.32 Å². The van der Waals surface area contributed by atoms with Crippen LogP contribution in [-0.2, 0) is 10.2 Å². The first-order chi connectivity index (χ1) is 9.82. The normalized spacial score (nSPS) is 27.6. The van der Waals surface area contributed by atoms with Crippen LogP contribution < -0.4 is 10.6 Å². The fourth-order valence-electron chi connectivity index (χ4n) is 3.65. The van der Waals surface area contributed by atoms with Gasteiger partial charge in [0.2, 0.25) is 5.91 Å². The molecule has 0 aliphatic carbocycles. The predicted octanol–water partition coefficient (Wildman–Crippen LogP) is 2.61. The molecule has 2 aliphatic rings. The number of nitrogens with one attached hydrogen (secondary N) is 2. The van der Waals surface area contributed by atoms with Crippen molar-refractivity contribution in [3.63, 3.8) is 0 Å². The van der Waals surface area contributed by atoms with E-state index in [1.54, 1.807) is 0 Å². The SMILES string of the molecule is O=C1Nc2ccccc2[C@@]12CCN[C@H]2c1ccccc1. The summed E-state index contributed by atoms with van der Waals surface area (Å²) < 4.78 is 0. The Morgan fingerprint density at radius 1 is 1.00 bits per heavy atom. The van der Waals surface area contributed by atoms with Crippen LogP contribution in [0.2, 0.25) is 0 Å². The van der Waals surface area contributed by atoms with E-state index in [1.807, 2.05) is 36.4 Å². The van der Waals surface area contributed by atoms with Gasteiger partial charge in [-0.25, -0.2) is 0 Å². The van der Waals surface area contributed by atoms with Gasteiger partial charge < -0.3 is 10.6 Å². The summed E-state index contributed by atoms with van der Waals surface area (Å²) in [5.41, 5.74) is 2.81. The molecule has 0 unspecified atom stereocenters. The number of rotatable bonds is 1. The zero-order valence-electron chi connectivity index (χ0n) is 11.1. The first-order valence-electron chi connectivity index (χ1n) is 7.02. The van der Waals surface area contributed by atoms with Crippen LogP contribution in [0.4, 0.5) is 5.69 Å². The third-order valence-corrected chi connectivity index (χ3v) is 4.55. The monoisotopic (exact) mass is 264 g/mol. The molecule has 0 radical (unpaired) electrons. The highest BCUT2D eigenvalue weighted by Crippen LogP contribution is 2.50. The molecule has 1 saturated heterocycles. The van der Waals surface area contributed by atoms with Gasteiger partial charge in [-0.3, -0.25) is 4.79 Å². The summed E-state index contributed by atoms with van der Waals surface area (Å²) in [6, 6.07) is 18.4. The van der Waals surface area contributed by atoms with E-state index in [2.05, 4.69) is 28.8 Å². The highest BCUT2D eigenvalue weighted by Gasteiger charge is 2.55. The van der Waals surface area contributed by atoms with E-state index in [1.165, 1.54) is 5.56 Å². The number of hydrogen-bond donors (Lipinski definition) is 2. The average molecular weight is 264 g/mol. The minimum Gasteiger partial charge on any atom is -0.325 e. The molecule has 4 rings (SSSR count). The highest BCUT2D eigenvalue weighted by atomic mass is 16.2. The summed E-state index contributed by atoms with van der Waals surface area (Å²) >= 11 is 0. The molecule has 1 spiro atoms. The number of carbonyl (C=O) groups is 1. The summed E-state index contributed by atoms with van der Waals surface area (Å²) in [7, 11) is 0. The minimum atomic E-state index is -0.460. The number of fused-ring (bicyclic) bond motifs is 2. The molecule has 20 heavy (non-hydrogen) atoms. The molecule has 2 aliphatic heterocycles. The van der Waals surface area contributed by atoms with Gasteiger partial charge in [-0.1, -0.05) is 48.5 Å². The maximum Gasteiger partial charge on any atom is 0.237 e. The Bertz CT molecular complexity index is 668. The van der Waals surface area contributed by atoms with Crippen LogP contribution in [0.15, 0.2) is 54.6 Å². The molecule has 0 aromatic heterocycles. The fraction of sp³-hybridized carbons (Fsp3) is 0.235. The number of hydrogen-bond acceptors (Lipinski definition) is 2. The van der Waals surface area contributed by atoms with E-state index in [-0.39, 0.29) is 11.9 Å². The lowest BCUT2D eigenvalue weighted by atomic mass is 9.73. The standard InChI is InChI=1S/C17H16N2O/c20-16-17(13-8-4-5-9-14(13)19-16)10-11-18-15(17)12-6-2-1-3-7-12/h1-9,15,18H,10-11H2,(H,19,20)/t15-,17+/m0/s1. The molecule has 2 aromatic carbocycles. The molecular formula is C17H16N2O. The van der Waals surface area contributed by atoms with E-state index in [4.69, 9.17) is 0 Å². The zero-order valence-corrected chi connectivity index (χ0v) is 11.1. The number of anilines is 1. The van der Waals surface area contributed by atoms with Crippen LogP contribution in [-0.4, -0.2) is 12.5 Å². The van der Waals surface area contributed by atoms with Crippen molar-refractivity contribution in [2.75, 3.05) is 11.9 Å². The first-order valence-corrected chi connectivity index (χ1v) is 7.02. The van der Waals surface area contributed by atoms with Crippen LogP contribution >= 0.6 is 0 Å². The Kier molecular flexibility index (Phi) is 2.44. The van der Waals surface area contributed by atoms with Gasteiger partial charge in [-0.05, 0) is 30.2 Å². The predicted molar refractivity (Wildman–Crippen MR) is 78.6 cm³/mol. The smallest absolute Gasteiger partial charge is 0.237 e. The summed E-state index contributed by atoms with van der Waals surface area (Å²) in [4.78, 5) is 12.7. The van der Waals surface area contributed by atoms with Gasteiger partial charge in [-0.2, -0.15) is 0 Å². The topological polar surface area (TPSA) is 41.1 Å². The molecule has 2 aromatic rings. The summed E-state index contributed by atoms with van der Waals surface area (Å²) in [5.74, 6) is 0.123. The van der Waals surface area contributed by atoms with Crippen LogP contribution in [0.25, 0.3) is 0 Å². The Balaban J connectivity index is 1.89. The molecule has 1 fully saturated rings. The van der Waals surface area contributed by atoms with E-state index < -0.39 is 5.41 Å². The van der Waals surface area contributed by atoms with E-state index in [9.17, 15) is 4.79 Å². The van der Waals surface area contributed by atoms with Crippen LogP contribution in [0.1, 0.15) is 23.6 Å². The van der Waals surface area contributed by atoms with Crippen molar-refractivity contribution in [3.8, 4) is 0 Å². The lowest BCUT2D eigenvalue weighted by Gasteiger charge is -2.29. The first kappa shape index (κ1) is 11.7. The number of carbonyl (C=O) groups excluding carboxylic acids is 1. The quantitative estimate of drug-likeness (QED) is 0.831. The summed E-state index contributed by atoms with van der Waals surface area (Å²) in [5, 5.41) is 6.57. The minimum absolute atomic E-state index is 0.0485. The second-order valence-electron chi connectivity index (χ2n) is 5.52. The number of benzene rings is 2. The highest BCUT2D eigenvalue weighted by molar-refractivity contribution is 6.07. The third-order valence-electron chi connectivity index (χ3n) is 4.55. The van der Waals surface area contributed by atoms with Crippen molar-refractivity contribution in [3.05, 3.63) is 65.7 Å². The molecule has 2 atom stereocenters. The van der Waals surface area contributed by atoms with E-state index >= 15 is 0 Å². The fourth-order valence-corrected chi connectivity index (χ4v) is 3.65. The second kappa shape index (κ2) is 4.18. The lowest BCUT2D eigenvalue weighted by Crippen LogP contribution is -2.39. The van der Waals surface area contributed by atoms with E-state index in [0.717, 1.165) is 24.2 Å². The number of amides is 1. The second-order valence-corrected chi connectivity index (χ2v) is 5.52. The summed E-state index contributed by atoms with van der Waals surface area (Å²) in [6.45, 7) is 0.862. The van der Waals surface area contributed by atoms with Gasteiger partial charge in [-0.15, -0.1) is 0 Å². The molecule has 0 saturated carbocycles. The Hall–Kier alpha value is -2.13. The molecule has 1 amide bonds. The number of para-hydroxylation sites is 1. The van der Waals surface area contributed by atoms with Gasteiger partial charge >= 0.3 is 0 Å². The van der Waals surface area contributed by atoms with Crippen molar-refractivity contribution in [2.45, 2.75) is 17.9 Å². The van der Waals surface area contributed by atoms with Gasteiger partial charge in [0.25, 0.3) is 0 Å². The van der Waals surface area contributed by atoms with Crippen LogP contribution in [0, 0.1) is 0 Å². The van der Waals surface area contributed by atoms with Crippen molar-refractivity contribution >= 4 is 11.6 Å². The molecule has 2 N–H and O–H groups in total. The largest absolute Gasteiger partial charge is 0.325 e. The zero-order chi connectivity index (χ0) is 13.6. The maximum absolute atomic E-state index is 12.7. The molecule has 100 valence electrons. The molecule has 0 bridgehead atoms. The molecule has 3 heteroatoms. The van der Waals surface area contributed by atoms with E-state index in [0.29, 0.717) is 0 Å². The molecule has 2 heterocycles. The van der Waals surface area contributed by atoms with Gasteiger partial charge in [0, 0.05) is 5.69 Å². The Labute approximate surface area is 118 Å². The Morgan fingerprint density at radius 3 is 2.60 bits per heavy atom. The third kappa shape index (κ3) is 1.41. The van der Waals surface area contributed by atoms with Gasteiger partial charge in [0.05, 0.1) is 11.5 Å². The van der Waals surface area contributed by atoms with Crippen molar-refractivity contribution in [2.24, 2.45) is 0 Å². The van der Waals surface area contributed by atoms with Crippen molar-refractivity contribution < 1.29 is 4.79 Å². The average Bonchev–Trinajstić information content (AvgIpc) is 3.05.